The second kappa shape index (κ2) is 5.70. The molecule has 100 valence electrons. The molecule has 1 aliphatic carbocycles. The van der Waals surface area contributed by atoms with Crippen molar-refractivity contribution in [2.75, 3.05) is 0 Å². The van der Waals surface area contributed by atoms with Gasteiger partial charge in [-0.2, -0.15) is 5.10 Å². The SMILES string of the molecule is O=C(Cc1ccccc1)NN=C1Cc2ccccc2C1. The molecule has 0 radical (unpaired) electrons. The summed E-state index contributed by atoms with van der Waals surface area (Å²) in [5.41, 5.74) is 7.30. The average Bonchev–Trinajstić information content (AvgIpc) is 2.89. The van der Waals surface area contributed by atoms with Gasteiger partial charge in [0.05, 0.1) is 6.42 Å². The van der Waals surface area contributed by atoms with E-state index >= 15 is 0 Å². The summed E-state index contributed by atoms with van der Waals surface area (Å²) < 4.78 is 0. The van der Waals surface area contributed by atoms with Gasteiger partial charge in [0, 0.05) is 18.6 Å². The van der Waals surface area contributed by atoms with E-state index in [1.807, 2.05) is 42.5 Å². The maximum atomic E-state index is 11.8. The normalized spacial score (nSPS) is 12.9. The molecule has 0 heterocycles. The monoisotopic (exact) mass is 264 g/mol. The summed E-state index contributed by atoms with van der Waals surface area (Å²) in [4.78, 5) is 11.8. The van der Waals surface area contributed by atoms with Gasteiger partial charge in [-0.05, 0) is 16.7 Å². The van der Waals surface area contributed by atoms with Gasteiger partial charge in [-0.3, -0.25) is 4.79 Å². The first-order valence-corrected chi connectivity index (χ1v) is 6.76. The Kier molecular flexibility index (Phi) is 3.59. The predicted octanol–water partition coefficient (Wildman–Crippen LogP) is 2.50. The van der Waals surface area contributed by atoms with E-state index < -0.39 is 0 Å². The molecule has 3 rings (SSSR count). The van der Waals surface area contributed by atoms with Crippen LogP contribution in [-0.4, -0.2) is 11.6 Å². The van der Waals surface area contributed by atoms with Gasteiger partial charge in [0.2, 0.25) is 5.91 Å². The van der Waals surface area contributed by atoms with Crippen LogP contribution in [0.5, 0.6) is 0 Å². The molecule has 0 aromatic heterocycles. The number of carbonyl (C=O) groups excluding carboxylic acids is 1. The van der Waals surface area contributed by atoms with E-state index in [1.54, 1.807) is 0 Å². The topological polar surface area (TPSA) is 41.5 Å². The third kappa shape index (κ3) is 2.94. The van der Waals surface area contributed by atoms with Crippen LogP contribution in [0.25, 0.3) is 0 Å². The lowest BCUT2D eigenvalue weighted by molar-refractivity contribution is -0.120. The molecule has 0 fully saturated rings. The van der Waals surface area contributed by atoms with Gasteiger partial charge >= 0.3 is 0 Å². The minimum Gasteiger partial charge on any atom is -0.273 e. The van der Waals surface area contributed by atoms with E-state index in [9.17, 15) is 4.79 Å². The molecular weight excluding hydrogens is 248 g/mol. The molecular formula is C17H16N2O. The van der Waals surface area contributed by atoms with Crippen LogP contribution in [0.3, 0.4) is 0 Å². The molecule has 0 saturated heterocycles. The Labute approximate surface area is 118 Å². The number of amides is 1. The predicted molar refractivity (Wildman–Crippen MR) is 79.6 cm³/mol. The number of benzene rings is 2. The second-order valence-electron chi connectivity index (χ2n) is 5.00. The molecule has 0 atom stereocenters. The molecule has 3 nitrogen and oxygen atoms in total. The second-order valence-corrected chi connectivity index (χ2v) is 5.00. The van der Waals surface area contributed by atoms with Crippen LogP contribution < -0.4 is 5.43 Å². The van der Waals surface area contributed by atoms with Crippen LogP contribution >= 0.6 is 0 Å². The van der Waals surface area contributed by atoms with E-state index in [-0.39, 0.29) is 5.91 Å². The van der Waals surface area contributed by atoms with Crippen molar-refractivity contribution in [2.24, 2.45) is 5.10 Å². The zero-order valence-corrected chi connectivity index (χ0v) is 11.2. The molecule has 0 aliphatic heterocycles. The van der Waals surface area contributed by atoms with E-state index in [4.69, 9.17) is 0 Å². The van der Waals surface area contributed by atoms with E-state index in [0.717, 1.165) is 24.1 Å². The van der Waals surface area contributed by atoms with Gasteiger partial charge in [-0.1, -0.05) is 54.6 Å². The lowest BCUT2D eigenvalue weighted by atomic mass is 10.1. The average molecular weight is 264 g/mol. The van der Waals surface area contributed by atoms with Crippen LogP contribution in [0, 0.1) is 0 Å². The molecule has 2 aromatic carbocycles. The Morgan fingerprint density at radius 1 is 0.950 bits per heavy atom. The standard InChI is InChI=1S/C17H16N2O/c20-17(10-13-6-2-1-3-7-13)19-18-16-11-14-8-4-5-9-15(14)12-16/h1-9H,10-12H2,(H,19,20). The lowest BCUT2D eigenvalue weighted by Crippen LogP contribution is -2.21. The largest absolute Gasteiger partial charge is 0.273 e. The smallest absolute Gasteiger partial charge is 0.244 e. The number of hydrogen-bond acceptors (Lipinski definition) is 2. The van der Waals surface area contributed by atoms with E-state index in [0.29, 0.717) is 6.42 Å². The van der Waals surface area contributed by atoms with Gasteiger partial charge in [0.1, 0.15) is 0 Å². The quantitative estimate of drug-likeness (QED) is 0.850. The third-order valence-corrected chi connectivity index (χ3v) is 3.45. The van der Waals surface area contributed by atoms with Gasteiger partial charge < -0.3 is 0 Å². The van der Waals surface area contributed by atoms with Crippen LogP contribution in [0.15, 0.2) is 59.7 Å². The van der Waals surface area contributed by atoms with Crippen molar-refractivity contribution >= 4 is 11.6 Å². The molecule has 0 spiro atoms. The van der Waals surface area contributed by atoms with Crippen molar-refractivity contribution in [3.05, 3.63) is 71.3 Å². The first-order valence-electron chi connectivity index (χ1n) is 6.76. The van der Waals surface area contributed by atoms with Gasteiger partial charge in [0.25, 0.3) is 0 Å². The highest BCUT2D eigenvalue weighted by Crippen LogP contribution is 2.19. The Hall–Kier alpha value is -2.42. The van der Waals surface area contributed by atoms with Gasteiger partial charge in [-0.25, -0.2) is 5.43 Å². The molecule has 0 bridgehead atoms. The number of hydrazone groups is 1. The van der Waals surface area contributed by atoms with E-state index in [2.05, 4.69) is 22.7 Å². The summed E-state index contributed by atoms with van der Waals surface area (Å²) in [6.07, 6.45) is 2.04. The summed E-state index contributed by atoms with van der Waals surface area (Å²) >= 11 is 0. The molecule has 20 heavy (non-hydrogen) atoms. The fourth-order valence-electron chi connectivity index (χ4n) is 2.45. The lowest BCUT2D eigenvalue weighted by Gasteiger charge is -2.01. The zero-order valence-electron chi connectivity index (χ0n) is 11.2. The number of nitrogens with zero attached hydrogens (tertiary/aromatic N) is 1. The Morgan fingerprint density at radius 2 is 1.55 bits per heavy atom. The van der Waals surface area contributed by atoms with E-state index in [1.165, 1.54) is 11.1 Å². The molecule has 2 aromatic rings. The summed E-state index contributed by atoms with van der Waals surface area (Å²) in [6.45, 7) is 0. The number of nitrogens with one attached hydrogen (secondary N) is 1. The molecule has 1 aliphatic rings. The minimum absolute atomic E-state index is 0.0698. The van der Waals surface area contributed by atoms with Crippen molar-refractivity contribution < 1.29 is 4.79 Å². The van der Waals surface area contributed by atoms with Crippen LogP contribution in [0.4, 0.5) is 0 Å². The highest BCUT2D eigenvalue weighted by molar-refractivity contribution is 5.93. The minimum atomic E-state index is -0.0698. The maximum Gasteiger partial charge on any atom is 0.244 e. The summed E-state index contributed by atoms with van der Waals surface area (Å²) in [5, 5.41) is 4.25. The van der Waals surface area contributed by atoms with Crippen LogP contribution in [-0.2, 0) is 24.1 Å². The molecule has 1 N–H and O–H groups in total. The number of rotatable bonds is 3. The highest BCUT2D eigenvalue weighted by Gasteiger charge is 2.16. The Bertz CT molecular complexity index is 620. The highest BCUT2D eigenvalue weighted by atomic mass is 16.2. The van der Waals surface area contributed by atoms with Crippen molar-refractivity contribution in [3.8, 4) is 0 Å². The van der Waals surface area contributed by atoms with Crippen LogP contribution in [0.1, 0.15) is 16.7 Å². The summed E-state index contributed by atoms with van der Waals surface area (Å²) in [6, 6.07) is 18.0. The first kappa shape index (κ1) is 12.6. The molecule has 0 saturated carbocycles. The Balaban J connectivity index is 1.58. The summed E-state index contributed by atoms with van der Waals surface area (Å²) in [5.74, 6) is -0.0698. The Morgan fingerprint density at radius 3 is 2.20 bits per heavy atom. The number of carbonyl (C=O) groups is 1. The van der Waals surface area contributed by atoms with Gasteiger partial charge in [0.15, 0.2) is 0 Å². The zero-order chi connectivity index (χ0) is 13.8. The fraction of sp³-hybridized carbons (Fsp3) is 0.176. The number of fused-ring (bicyclic) bond motifs is 1. The van der Waals surface area contributed by atoms with Crippen molar-refractivity contribution in [2.45, 2.75) is 19.3 Å². The first-order chi connectivity index (χ1) is 9.81. The summed E-state index contributed by atoms with van der Waals surface area (Å²) in [7, 11) is 0. The third-order valence-electron chi connectivity index (χ3n) is 3.45. The molecule has 0 unspecified atom stereocenters. The van der Waals surface area contributed by atoms with Crippen molar-refractivity contribution in [1.82, 2.24) is 5.43 Å². The fourth-order valence-corrected chi connectivity index (χ4v) is 2.45. The molecule has 3 heteroatoms. The van der Waals surface area contributed by atoms with Crippen molar-refractivity contribution in [3.63, 3.8) is 0 Å². The number of hydrogen-bond donors (Lipinski definition) is 1. The van der Waals surface area contributed by atoms with Crippen LogP contribution in [0.2, 0.25) is 0 Å². The van der Waals surface area contributed by atoms with Crippen molar-refractivity contribution in [1.29, 1.82) is 0 Å². The maximum absolute atomic E-state index is 11.8. The molecule has 1 amide bonds. The van der Waals surface area contributed by atoms with Gasteiger partial charge in [-0.15, -0.1) is 0 Å².